The number of nitrogen functional groups attached to an aromatic ring is 2. The van der Waals surface area contributed by atoms with E-state index in [4.69, 9.17) is 11.5 Å². The number of methoxy groups -OCH3 is 1. The minimum atomic E-state index is -0.679. The molecule has 0 radical (unpaired) electrons. The van der Waals surface area contributed by atoms with Crippen molar-refractivity contribution in [1.82, 2.24) is 19.7 Å². The zero-order valence-electron chi connectivity index (χ0n) is 17.9. The number of halogens is 1. The summed E-state index contributed by atoms with van der Waals surface area (Å²) in [6.45, 7) is 5.55. The summed E-state index contributed by atoms with van der Waals surface area (Å²) in [5.74, 6) is 0.0735. The molecule has 10 nitrogen and oxygen atoms in total. The van der Waals surface area contributed by atoms with E-state index in [1.807, 2.05) is 6.92 Å². The Labute approximate surface area is 184 Å². The van der Waals surface area contributed by atoms with E-state index in [9.17, 15) is 9.18 Å². The molecule has 0 aliphatic heterocycles. The number of carbonyl (C=O) groups excluding carboxylic acids is 1. The molecule has 2 aromatic heterocycles. The zero-order valence-corrected chi connectivity index (χ0v) is 17.9. The highest BCUT2D eigenvalue weighted by Gasteiger charge is 2.24. The van der Waals surface area contributed by atoms with Crippen LogP contribution in [0.4, 0.5) is 32.3 Å². The average molecular weight is 438 g/mol. The second kappa shape index (κ2) is 9.25. The van der Waals surface area contributed by atoms with Crippen molar-refractivity contribution in [3.8, 4) is 11.5 Å². The molecule has 166 valence electrons. The van der Waals surface area contributed by atoms with Gasteiger partial charge < -0.3 is 16.2 Å². The van der Waals surface area contributed by atoms with Gasteiger partial charge in [-0.1, -0.05) is 30.4 Å². The number of anilines is 3. The van der Waals surface area contributed by atoms with Crippen molar-refractivity contribution in [2.75, 3.05) is 30.5 Å². The number of carbonyl (C=O) groups is 1. The minimum Gasteiger partial charge on any atom is -0.452 e. The van der Waals surface area contributed by atoms with Gasteiger partial charge in [-0.3, -0.25) is 4.90 Å². The number of ether oxygens (including phenoxy) is 1. The van der Waals surface area contributed by atoms with Gasteiger partial charge in [-0.15, -0.1) is 0 Å². The Hall–Kier alpha value is -4.28. The van der Waals surface area contributed by atoms with Crippen molar-refractivity contribution >= 4 is 42.0 Å². The van der Waals surface area contributed by atoms with E-state index in [1.54, 1.807) is 30.4 Å². The smallest absolute Gasteiger partial charge is 0.413 e. The summed E-state index contributed by atoms with van der Waals surface area (Å²) in [4.78, 5) is 25.6. The second-order valence-corrected chi connectivity index (χ2v) is 6.69. The number of hydrogen-bond acceptors (Lipinski definition) is 8. The molecule has 3 rings (SSSR count). The Kier molecular flexibility index (Phi) is 6.47. The summed E-state index contributed by atoms with van der Waals surface area (Å²) in [6, 6.07) is 6.37. The lowest BCUT2D eigenvalue weighted by molar-refractivity contribution is 0.180. The van der Waals surface area contributed by atoms with Crippen molar-refractivity contribution < 1.29 is 13.9 Å². The molecule has 32 heavy (non-hydrogen) atoms. The van der Waals surface area contributed by atoms with Gasteiger partial charge in [0.05, 0.1) is 13.7 Å². The third kappa shape index (κ3) is 4.13. The highest BCUT2D eigenvalue weighted by Crippen LogP contribution is 2.34. The lowest BCUT2D eigenvalue weighted by Gasteiger charge is -2.18. The van der Waals surface area contributed by atoms with Gasteiger partial charge in [0.2, 0.25) is 0 Å². The third-order valence-corrected chi connectivity index (χ3v) is 4.66. The number of allylic oxidation sites excluding steroid dienone is 1. The van der Waals surface area contributed by atoms with Crippen LogP contribution < -0.4 is 16.4 Å². The molecular formula is C21H23FN8O2. The molecule has 0 saturated heterocycles. The summed E-state index contributed by atoms with van der Waals surface area (Å²) >= 11 is 0. The second-order valence-electron chi connectivity index (χ2n) is 6.69. The normalized spacial score (nSPS) is 11.0. The first-order valence-corrected chi connectivity index (χ1v) is 9.51. The Bertz CT molecular complexity index is 1180. The fraction of sp³-hybridized carbons (Fsp3) is 0.190. The van der Waals surface area contributed by atoms with E-state index >= 15 is 0 Å². The summed E-state index contributed by atoms with van der Waals surface area (Å²) in [7, 11) is 2.67. The van der Waals surface area contributed by atoms with E-state index in [1.165, 1.54) is 24.9 Å². The molecule has 0 spiro atoms. The maximum Gasteiger partial charge on any atom is 0.413 e. The van der Waals surface area contributed by atoms with Crippen LogP contribution in [0.3, 0.4) is 0 Å². The van der Waals surface area contributed by atoms with Gasteiger partial charge in [0, 0.05) is 18.2 Å². The van der Waals surface area contributed by atoms with Gasteiger partial charge in [-0.25, -0.2) is 28.8 Å². The van der Waals surface area contributed by atoms with Crippen molar-refractivity contribution in [2.24, 2.45) is 4.99 Å². The molecule has 0 bridgehead atoms. The van der Waals surface area contributed by atoms with E-state index in [0.29, 0.717) is 22.6 Å². The highest BCUT2D eigenvalue weighted by atomic mass is 19.1. The largest absolute Gasteiger partial charge is 0.452 e. The van der Waals surface area contributed by atoms with Crippen molar-refractivity contribution in [3.63, 3.8) is 0 Å². The number of amides is 1. The molecule has 0 unspecified atom stereocenters. The van der Waals surface area contributed by atoms with Crippen molar-refractivity contribution in [3.05, 3.63) is 47.3 Å². The molecule has 1 amide bonds. The first-order chi connectivity index (χ1) is 15.3. The fourth-order valence-electron chi connectivity index (χ4n) is 3.19. The topological polar surface area (TPSA) is 138 Å². The van der Waals surface area contributed by atoms with Crippen LogP contribution in [-0.4, -0.2) is 46.7 Å². The SMILES string of the molecule is C=Nc1c(/C=C\C)c(-c2nc(N)c(N(C)C(=O)OC)c(N)n2)nn1Cc1ccccc1F. The van der Waals surface area contributed by atoms with Crippen LogP contribution in [-0.2, 0) is 11.3 Å². The lowest BCUT2D eigenvalue weighted by atomic mass is 10.2. The number of hydrogen-bond donors (Lipinski definition) is 2. The number of aromatic nitrogens is 4. The quantitative estimate of drug-likeness (QED) is 0.563. The number of rotatable bonds is 6. The molecule has 3 aromatic rings. The predicted molar refractivity (Wildman–Crippen MR) is 122 cm³/mol. The molecule has 4 N–H and O–H groups in total. The van der Waals surface area contributed by atoms with E-state index in [-0.39, 0.29) is 35.5 Å². The van der Waals surface area contributed by atoms with Crippen LogP contribution in [0.1, 0.15) is 18.1 Å². The first kappa shape index (κ1) is 22.4. The summed E-state index contributed by atoms with van der Waals surface area (Å²) < 4.78 is 20.4. The number of benzene rings is 1. The molecule has 0 saturated carbocycles. The Morgan fingerprint density at radius 2 is 1.97 bits per heavy atom. The van der Waals surface area contributed by atoms with Crippen LogP contribution in [0.25, 0.3) is 17.6 Å². The molecule has 2 heterocycles. The number of nitrogens with zero attached hydrogens (tertiary/aromatic N) is 6. The van der Waals surface area contributed by atoms with Gasteiger partial charge in [-0.2, -0.15) is 5.10 Å². The van der Waals surface area contributed by atoms with Gasteiger partial charge >= 0.3 is 6.09 Å². The maximum absolute atomic E-state index is 14.2. The Balaban J connectivity index is 2.15. The zero-order chi connectivity index (χ0) is 23.4. The number of nitrogens with two attached hydrogens (primary N) is 2. The van der Waals surface area contributed by atoms with Gasteiger partial charge in [-0.05, 0) is 19.7 Å². The molecule has 0 aliphatic carbocycles. The Morgan fingerprint density at radius 1 is 1.31 bits per heavy atom. The average Bonchev–Trinajstić information content (AvgIpc) is 3.11. The van der Waals surface area contributed by atoms with Gasteiger partial charge in [0.25, 0.3) is 0 Å². The molecule has 11 heteroatoms. The lowest BCUT2D eigenvalue weighted by Crippen LogP contribution is -2.28. The van der Waals surface area contributed by atoms with Crippen molar-refractivity contribution in [1.29, 1.82) is 0 Å². The summed E-state index contributed by atoms with van der Waals surface area (Å²) in [5, 5.41) is 4.54. The van der Waals surface area contributed by atoms with Crippen LogP contribution in [0.15, 0.2) is 35.3 Å². The molecule has 1 aromatic carbocycles. The van der Waals surface area contributed by atoms with Gasteiger partial charge in [0.1, 0.15) is 17.2 Å². The van der Waals surface area contributed by atoms with E-state index in [2.05, 4.69) is 31.5 Å². The molecule has 0 fully saturated rings. The Morgan fingerprint density at radius 3 is 2.53 bits per heavy atom. The third-order valence-electron chi connectivity index (χ3n) is 4.66. The fourth-order valence-corrected chi connectivity index (χ4v) is 3.19. The minimum absolute atomic E-state index is 0.0383. The van der Waals surface area contributed by atoms with Crippen LogP contribution in [0, 0.1) is 5.82 Å². The van der Waals surface area contributed by atoms with Crippen molar-refractivity contribution in [2.45, 2.75) is 13.5 Å². The monoisotopic (exact) mass is 438 g/mol. The maximum atomic E-state index is 14.2. The predicted octanol–water partition coefficient (Wildman–Crippen LogP) is 3.26. The molecule has 0 aliphatic rings. The molecule has 0 atom stereocenters. The first-order valence-electron chi connectivity index (χ1n) is 9.51. The van der Waals surface area contributed by atoms with Crippen LogP contribution >= 0.6 is 0 Å². The summed E-state index contributed by atoms with van der Waals surface area (Å²) in [6.07, 6.45) is 2.87. The highest BCUT2D eigenvalue weighted by molar-refractivity contribution is 5.94. The van der Waals surface area contributed by atoms with E-state index in [0.717, 1.165) is 4.90 Å². The van der Waals surface area contributed by atoms with Crippen LogP contribution in [0.2, 0.25) is 0 Å². The number of aliphatic imine (C=N–C) groups is 1. The standard InChI is InChI=1S/C21H23FN8O2/c1-5-8-13-15(19-26-17(23)16(18(24)27-19)29(3)21(31)32-4)28-30(20(13)25-2)11-12-9-6-7-10-14(12)22/h5-10H,2,11H2,1,3-4H3,(H4,23,24,26,27)/b8-5-. The van der Waals surface area contributed by atoms with E-state index < -0.39 is 6.09 Å². The molecular weight excluding hydrogens is 415 g/mol. The summed E-state index contributed by atoms with van der Waals surface area (Å²) in [5.41, 5.74) is 13.6. The van der Waals surface area contributed by atoms with Gasteiger partial charge in [0.15, 0.2) is 23.3 Å². The van der Waals surface area contributed by atoms with Crippen LogP contribution in [0.5, 0.6) is 0 Å².